The van der Waals surface area contributed by atoms with Crippen LogP contribution >= 0.6 is 0 Å². The Morgan fingerprint density at radius 2 is 1.83 bits per heavy atom. The van der Waals surface area contributed by atoms with Crippen molar-refractivity contribution in [3.8, 4) is 28.4 Å². The average molecular weight is 502 g/mol. The maximum atomic E-state index is 14.1. The van der Waals surface area contributed by atoms with Gasteiger partial charge in [-0.05, 0) is 43.2 Å². The van der Waals surface area contributed by atoms with Crippen LogP contribution in [0.3, 0.4) is 0 Å². The van der Waals surface area contributed by atoms with E-state index in [1.165, 1.54) is 26.4 Å². The van der Waals surface area contributed by atoms with Crippen LogP contribution in [0.25, 0.3) is 16.9 Å². The summed E-state index contributed by atoms with van der Waals surface area (Å²) in [6, 6.07) is 8.70. The number of β-amino-alcohol motifs (C(OH)–C–C–N with tert-alkyl or cyclic N) is 1. The second kappa shape index (κ2) is 9.05. The number of halogens is 3. The van der Waals surface area contributed by atoms with Crippen LogP contribution in [0.15, 0.2) is 41.2 Å². The highest BCUT2D eigenvalue weighted by atomic mass is 19.4. The summed E-state index contributed by atoms with van der Waals surface area (Å²) in [6.07, 6.45) is -4.27. The quantitative estimate of drug-likeness (QED) is 0.552. The lowest BCUT2D eigenvalue weighted by Gasteiger charge is -2.22. The maximum absolute atomic E-state index is 14.1. The molecule has 0 radical (unpaired) electrons. The number of fused-ring (bicyclic) bond motifs is 1. The second-order valence-electron chi connectivity index (χ2n) is 8.78. The van der Waals surface area contributed by atoms with E-state index >= 15 is 0 Å². The molecule has 36 heavy (non-hydrogen) atoms. The zero-order valence-corrected chi connectivity index (χ0v) is 19.7. The van der Waals surface area contributed by atoms with Crippen LogP contribution in [-0.2, 0) is 12.6 Å². The topological polar surface area (TPSA) is 88.8 Å². The first-order chi connectivity index (χ1) is 17.2. The van der Waals surface area contributed by atoms with E-state index in [9.17, 15) is 23.1 Å². The largest absolute Gasteiger partial charge is 0.497 e. The molecule has 5 rings (SSSR count). The molecule has 0 unspecified atom stereocenters. The summed E-state index contributed by atoms with van der Waals surface area (Å²) in [5.41, 5.74) is 0.211. The molecule has 3 heterocycles. The van der Waals surface area contributed by atoms with E-state index in [0.29, 0.717) is 66.5 Å². The van der Waals surface area contributed by atoms with Crippen LogP contribution in [0.2, 0.25) is 0 Å². The Labute approximate surface area is 204 Å². The molecule has 0 amide bonds. The third-order valence-electron chi connectivity index (χ3n) is 6.54. The summed E-state index contributed by atoms with van der Waals surface area (Å²) in [7, 11) is 2.99. The van der Waals surface area contributed by atoms with Gasteiger partial charge in [-0.1, -0.05) is 0 Å². The van der Waals surface area contributed by atoms with E-state index in [2.05, 4.69) is 10.4 Å². The number of aromatic nitrogens is 2. The number of nitrogens with one attached hydrogen (secondary N) is 1. The molecule has 1 fully saturated rings. The van der Waals surface area contributed by atoms with Crippen LogP contribution in [0, 0.1) is 0 Å². The van der Waals surface area contributed by atoms with E-state index in [4.69, 9.17) is 9.47 Å². The number of aliphatic hydroxyl groups excluding tert-OH is 1. The number of anilines is 2. The van der Waals surface area contributed by atoms with Crippen molar-refractivity contribution >= 4 is 11.4 Å². The molecule has 0 saturated carbocycles. The number of rotatable bonds is 5. The molecule has 3 aromatic rings. The Bertz CT molecular complexity index is 1350. The number of alkyl halides is 3. The fraction of sp³-hybridized carbons (Fsp3) is 0.360. The summed E-state index contributed by atoms with van der Waals surface area (Å²) < 4.78 is 53.8. The lowest BCUT2D eigenvalue weighted by Crippen LogP contribution is -2.28. The van der Waals surface area contributed by atoms with Gasteiger partial charge in [0.2, 0.25) is 0 Å². The van der Waals surface area contributed by atoms with Crippen molar-refractivity contribution in [2.75, 3.05) is 44.1 Å². The highest BCUT2D eigenvalue weighted by Crippen LogP contribution is 2.38. The van der Waals surface area contributed by atoms with Gasteiger partial charge in [0.25, 0.3) is 5.56 Å². The lowest BCUT2D eigenvalue weighted by molar-refractivity contribution is -0.137. The van der Waals surface area contributed by atoms with Gasteiger partial charge in [-0.3, -0.25) is 4.79 Å². The third-order valence-corrected chi connectivity index (χ3v) is 6.54. The fourth-order valence-corrected chi connectivity index (χ4v) is 4.74. The number of ether oxygens (including phenoxy) is 2. The Hall–Kier alpha value is -3.73. The molecule has 1 atom stereocenters. The van der Waals surface area contributed by atoms with Crippen molar-refractivity contribution in [1.29, 1.82) is 0 Å². The molecule has 2 N–H and O–H groups in total. The first-order valence-corrected chi connectivity index (χ1v) is 11.5. The number of hydrogen-bond acceptors (Lipinski definition) is 7. The molecule has 11 heteroatoms. The van der Waals surface area contributed by atoms with Gasteiger partial charge in [0.1, 0.15) is 17.2 Å². The smallest absolute Gasteiger partial charge is 0.418 e. The zero-order valence-electron chi connectivity index (χ0n) is 19.7. The molecular formula is C25H25F3N4O4. The molecule has 2 aromatic carbocycles. The number of benzene rings is 2. The van der Waals surface area contributed by atoms with Crippen molar-refractivity contribution in [3.63, 3.8) is 0 Å². The van der Waals surface area contributed by atoms with Gasteiger partial charge in [-0.25, -0.2) is 0 Å². The summed E-state index contributed by atoms with van der Waals surface area (Å²) in [5, 5.41) is 17.4. The van der Waals surface area contributed by atoms with Crippen molar-refractivity contribution in [2.45, 2.75) is 25.1 Å². The summed E-state index contributed by atoms with van der Waals surface area (Å²) in [6.45, 7) is 1.25. The van der Waals surface area contributed by atoms with E-state index in [-0.39, 0.29) is 11.4 Å². The van der Waals surface area contributed by atoms with Crippen LogP contribution in [0.4, 0.5) is 24.5 Å². The predicted molar refractivity (Wildman–Crippen MR) is 128 cm³/mol. The molecule has 2 aliphatic rings. The number of hydrogen-bond donors (Lipinski definition) is 2. The minimum absolute atomic E-state index is 0.219. The number of nitrogens with zero attached hydrogens (tertiary/aromatic N) is 3. The molecular weight excluding hydrogens is 477 g/mol. The van der Waals surface area contributed by atoms with Crippen LogP contribution < -0.4 is 25.2 Å². The van der Waals surface area contributed by atoms with Gasteiger partial charge in [0.05, 0.1) is 37.3 Å². The molecule has 190 valence electrons. The van der Waals surface area contributed by atoms with E-state index < -0.39 is 23.4 Å². The molecule has 0 spiro atoms. The van der Waals surface area contributed by atoms with Crippen LogP contribution in [0.5, 0.6) is 11.5 Å². The van der Waals surface area contributed by atoms with Gasteiger partial charge in [0, 0.05) is 42.5 Å². The van der Waals surface area contributed by atoms with Crippen molar-refractivity contribution in [3.05, 3.63) is 57.9 Å². The Morgan fingerprint density at radius 1 is 1.11 bits per heavy atom. The molecule has 0 aliphatic carbocycles. The highest BCUT2D eigenvalue weighted by Gasteiger charge is 2.36. The maximum Gasteiger partial charge on any atom is 0.418 e. The third kappa shape index (κ3) is 4.23. The Balaban J connectivity index is 1.75. The van der Waals surface area contributed by atoms with Crippen molar-refractivity contribution in [2.24, 2.45) is 0 Å². The minimum atomic E-state index is -4.72. The minimum Gasteiger partial charge on any atom is -0.497 e. The molecule has 0 bridgehead atoms. The van der Waals surface area contributed by atoms with Gasteiger partial charge in [-0.15, -0.1) is 0 Å². The van der Waals surface area contributed by atoms with Gasteiger partial charge in [-0.2, -0.15) is 23.0 Å². The van der Waals surface area contributed by atoms with E-state index in [0.717, 1.165) is 10.7 Å². The molecule has 1 saturated heterocycles. The predicted octanol–water partition coefficient (Wildman–Crippen LogP) is 3.47. The molecule has 2 aliphatic heterocycles. The highest BCUT2D eigenvalue weighted by molar-refractivity contribution is 5.74. The number of methoxy groups -OCH3 is 2. The van der Waals surface area contributed by atoms with Gasteiger partial charge < -0.3 is 24.8 Å². The molecule has 1 aromatic heterocycles. The second-order valence-corrected chi connectivity index (χ2v) is 8.78. The first-order valence-electron chi connectivity index (χ1n) is 11.5. The SMILES string of the molecule is COc1cc(OC)cc(-c2nn(-c3cc(N4CC[C@H](O)C4)ccc3C(F)(F)F)c(=O)c3c2CCN3)c1. The van der Waals surface area contributed by atoms with E-state index in [1.807, 2.05) is 0 Å². The van der Waals surface area contributed by atoms with Gasteiger partial charge in [0.15, 0.2) is 0 Å². The summed E-state index contributed by atoms with van der Waals surface area (Å²) >= 11 is 0. The Kier molecular flexibility index (Phi) is 6.03. The number of aliphatic hydroxyl groups is 1. The van der Waals surface area contributed by atoms with Crippen molar-refractivity contribution < 1.29 is 27.8 Å². The van der Waals surface area contributed by atoms with Crippen LogP contribution in [0.1, 0.15) is 17.5 Å². The lowest BCUT2D eigenvalue weighted by atomic mass is 10.0. The first kappa shape index (κ1) is 24.0. The summed E-state index contributed by atoms with van der Waals surface area (Å²) in [5.74, 6) is 0.961. The Morgan fingerprint density at radius 3 is 2.44 bits per heavy atom. The van der Waals surface area contributed by atoms with Crippen molar-refractivity contribution in [1.82, 2.24) is 9.78 Å². The fourth-order valence-electron chi connectivity index (χ4n) is 4.74. The van der Waals surface area contributed by atoms with Crippen LogP contribution in [-0.4, -0.2) is 54.8 Å². The van der Waals surface area contributed by atoms with E-state index in [1.54, 1.807) is 23.1 Å². The monoisotopic (exact) mass is 502 g/mol. The molecule has 8 nitrogen and oxygen atoms in total. The summed E-state index contributed by atoms with van der Waals surface area (Å²) in [4.78, 5) is 15.2. The zero-order chi connectivity index (χ0) is 25.6. The van der Waals surface area contributed by atoms with Gasteiger partial charge >= 0.3 is 6.18 Å². The average Bonchev–Trinajstić information content (AvgIpc) is 3.53. The normalized spacial score (nSPS) is 17.2. The standard InChI is InChI=1S/C25H25F3N4O4/c1-35-17-9-14(10-18(12-17)36-2)22-19-5-7-29-23(19)24(34)32(30-22)21-11-15(31-8-6-16(33)13-31)3-4-20(21)25(26,27)28/h3-4,9-12,16,29,33H,5-8,13H2,1-2H3/t16-/m0/s1.